The Bertz CT molecular complexity index is 363. The van der Waals surface area contributed by atoms with E-state index in [2.05, 4.69) is 31.1 Å². The van der Waals surface area contributed by atoms with Gasteiger partial charge in [-0.2, -0.15) is 0 Å². The van der Waals surface area contributed by atoms with E-state index < -0.39 is 0 Å². The van der Waals surface area contributed by atoms with Crippen molar-refractivity contribution in [2.75, 3.05) is 13.7 Å². The predicted octanol–water partition coefficient (Wildman–Crippen LogP) is 2.64. The number of hydrogen-bond donors (Lipinski definition) is 1. The highest BCUT2D eigenvalue weighted by molar-refractivity contribution is 5.41. The van der Waals surface area contributed by atoms with Crippen molar-refractivity contribution in [3.63, 3.8) is 0 Å². The van der Waals surface area contributed by atoms with Crippen LogP contribution in [0.5, 0.6) is 5.75 Å². The number of methoxy groups -OCH3 is 1. The zero-order chi connectivity index (χ0) is 12.8. The Morgan fingerprint density at radius 2 is 2.12 bits per heavy atom. The van der Waals surface area contributed by atoms with Crippen LogP contribution < -0.4 is 10.1 Å². The number of rotatable bonds is 6. The summed E-state index contributed by atoms with van der Waals surface area (Å²) in [5.41, 5.74) is 3.43. The molecule has 0 aliphatic rings. The summed E-state index contributed by atoms with van der Waals surface area (Å²) < 4.78 is 5.42. The average Bonchev–Trinajstić information content (AvgIpc) is 2.29. The minimum atomic E-state index is 0.536. The molecule has 0 radical (unpaired) electrons. The summed E-state index contributed by atoms with van der Waals surface area (Å²) in [5.74, 6) is 0.978. The van der Waals surface area contributed by atoms with E-state index in [1.54, 1.807) is 7.11 Å². The van der Waals surface area contributed by atoms with Crippen molar-refractivity contribution in [3.8, 4) is 5.75 Å². The Hall–Kier alpha value is -1.09. The Morgan fingerprint density at radius 3 is 2.71 bits per heavy atom. The lowest BCUT2D eigenvalue weighted by molar-refractivity contribution is 0.406. The van der Waals surface area contributed by atoms with Gasteiger partial charge < -0.3 is 10.1 Å². The van der Waals surface area contributed by atoms with E-state index in [9.17, 15) is 0 Å². The van der Waals surface area contributed by atoms with Gasteiger partial charge in [-0.05, 0) is 40.2 Å². The smallest absolute Gasteiger partial charge is 0.128 e. The van der Waals surface area contributed by atoms with Crippen LogP contribution in [-0.4, -0.2) is 24.7 Å². The minimum Gasteiger partial charge on any atom is -0.496 e. The fraction of sp³-hybridized carbons (Fsp3) is 0.643. The number of nitrogens with one attached hydrogen (secondary N) is 1. The van der Waals surface area contributed by atoms with Crippen LogP contribution in [0.3, 0.4) is 0 Å². The normalized spacial score (nSPS) is 12.5. The molecule has 1 aromatic rings. The van der Waals surface area contributed by atoms with E-state index in [1.165, 1.54) is 5.56 Å². The molecular formula is C14H24N2O. The van der Waals surface area contributed by atoms with E-state index in [0.717, 1.165) is 36.4 Å². The van der Waals surface area contributed by atoms with Crippen molar-refractivity contribution >= 4 is 0 Å². The highest BCUT2D eigenvalue weighted by Gasteiger charge is 2.10. The predicted molar refractivity (Wildman–Crippen MR) is 71.7 cm³/mol. The third kappa shape index (κ3) is 3.70. The van der Waals surface area contributed by atoms with Gasteiger partial charge in [0.15, 0.2) is 0 Å². The monoisotopic (exact) mass is 236 g/mol. The third-order valence-corrected chi connectivity index (χ3v) is 3.12. The molecule has 0 bridgehead atoms. The zero-order valence-electron chi connectivity index (χ0n) is 11.6. The third-order valence-electron chi connectivity index (χ3n) is 3.12. The van der Waals surface area contributed by atoms with Gasteiger partial charge in [-0.1, -0.05) is 6.92 Å². The van der Waals surface area contributed by atoms with Gasteiger partial charge >= 0.3 is 0 Å². The summed E-state index contributed by atoms with van der Waals surface area (Å²) in [4.78, 5) is 4.51. The van der Waals surface area contributed by atoms with Crippen LogP contribution in [0.2, 0.25) is 0 Å². The fourth-order valence-electron chi connectivity index (χ4n) is 2.13. The summed E-state index contributed by atoms with van der Waals surface area (Å²) in [6.07, 6.45) is 4.00. The van der Waals surface area contributed by atoms with E-state index in [4.69, 9.17) is 4.74 Å². The van der Waals surface area contributed by atoms with Crippen LogP contribution in [0.25, 0.3) is 0 Å². The second-order valence-corrected chi connectivity index (χ2v) is 4.54. The maximum atomic E-state index is 5.42. The molecule has 1 atom stereocenters. The molecule has 1 aromatic heterocycles. The summed E-state index contributed by atoms with van der Waals surface area (Å²) in [7, 11) is 1.72. The van der Waals surface area contributed by atoms with Crippen molar-refractivity contribution in [1.82, 2.24) is 10.3 Å². The van der Waals surface area contributed by atoms with Crippen LogP contribution >= 0.6 is 0 Å². The standard InChI is InChI=1S/C14H24N2O/c1-6-15-11(3)7-8-13-12(4)14(17-5)10(2)9-16-13/h9,11,15H,6-8H2,1-5H3. The minimum absolute atomic E-state index is 0.536. The molecule has 0 saturated carbocycles. The number of aryl methyl sites for hydroxylation is 2. The number of aromatic nitrogens is 1. The Morgan fingerprint density at radius 1 is 1.41 bits per heavy atom. The largest absolute Gasteiger partial charge is 0.496 e. The quantitative estimate of drug-likeness (QED) is 0.824. The van der Waals surface area contributed by atoms with Crippen molar-refractivity contribution in [2.24, 2.45) is 0 Å². The lowest BCUT2D eigenvalue weighted by Gasteiger charge is -2.15. The SMILES string of the molecule is CCNC(C)CCc1ncc(C)c(OC)c1C. The van der Waals surface area contributed by atoms with Crippen LogP contribution in [0.1, 0.15) is 37.1 Å². The lowest BCUT2D eigenvalue weighted by atomic mass is 10.0. The van der Waals surface area contributed by atoms with Gasteiger partial charge in [0.2, 0.25) is 0 Å². The maximum Gasteiger partial charge on any atom is 0.128 e. The Labute approximate surface area is 105 Å². The highest BCUT2D eigenvalue weighted by Crippen LogP contribution is 2.24. The highest BCUT2D eigenvalue weighted by atomic mass is 16.5. The number of nitrogens with zero attached hydrogens (tertiary/aromatic N) is 1. The molecule has 0 spiro atoms. The van der Waals surface area contributed by atoms with Crippen LogP contribution in [0, 0.1) is 13.8 Å². The molecule has 0 amide bonds. The van der Waals surface area contributed by atoms with Gasteiger partial charge in [0, 0.05) is 29.1 Å². The molecule has 96 valence electrons. The van der Waals surface area contributed by atoms with Crippen molar-refractivity contribution in [3.05, 3.63) is 23.0 Å². The Kier molecular flexibility index (Phi) is 5.42. The first-order chi connectivity index (χ1) is 8.10. The first-order valence-corrected chi connectivity index (χ1v) is 6.32. The zero-order valence-corrected chi connectivity index (χ0v) is 11.6. The molecule has 1 rings (SSSR count). The average molecular weight is 236 g/mol. The maximum absolute atomic E-state index is 5.42. The van der Waals surface area contributed by atoms with E-state index >= 15 is 0 Å². The molecule has 0 aliphatic heterocycles. The fourth-order valence-corrected chi connectivity index (χ4v) is 2.13. The van der Waals surface area contributed by atoms with Crippen molar-refractivity contribution in [2.45, 2.75) is 46.6 Å². The van der Waals surface area contributed by atoms with Gasteiger partial charge in [-0.15, -0.1) is 0 Å². The summed E-state index contributed by atoms with van der Waals surface area (Å²) in [6, 6.07) is 0.536. The van der Waals surface area contributed by atoms with Crippen molar-refractivity contribution in [1.29, 1.82) is 0 Å². The second kappa shape index (κ2) is 6.60. The molecule has 17 heavy (non-hydrogen) atoms. The first kappa shape index (κ1) is 14.0. The topological polar surface area (TPSA) is 34.2 Å². The van der Waals surface area contributed by atoms with Gasteiger partial charge in [0.05, 0.1) is 7.11 Å². The summed E-state index contributed by atoms with van der Waals surface area (Å²) in [6.45, 7) is 9.49. The number of ether oxygens (including phenoxy) is 1. The molecule has 1 unspecified atom stereocenters. The number of pyridine rings is 1. The molecule has 3 nitrogen and oxygen atoms in total. The van der Waals surface area contributed by atoms with Gasteiger partial charge in [-0.3, -0.25) is 4.98 Å². The molecule has 1 N–H and O–H groups in total. The van der Waals surface area contributed by atoms with E-state index in [-0.39, 0.29) is 0 Å². The van der Waals surface area contributed by atoms with Crippen LogP contribution in [0.4, 0.5) is 0 Å². The van der Waals surface area contributed by atoms with Crippen LogP contribution in [-0.2, 0) is 6.42 Å². The van der Waals surface area contributed by atoms with Crippen LogP contribution in [0.15, 0.2) is 6.20 Å². The van der Waals surface area contributed by atoms with E-state index in [0.29, 0.717) is 6.04 Å². The molecular weight excluding hydrogens is 212 g/mol. The summed E-state index contributed by atoms with van der Waals surface area (Å²) >= 11 is 0. The molecule has 1 heterocycles. The first-order valence-electron chi connectivity index (χ1n) is 6.32. The van der Waals surface area contributed by atoms with Gasteiger partial charge in [0.1, 0.15) is 5.75 Å². The summed E-state index contributed by atoms with van der Waals surface area (Å²) in [5, 5.41) is 3.42. The number of hydrogen-bond acceptors (Lipinski definition) is 3. The lowest BCUT2D eigenvalue weighted by Crippen LogP contribution is -2.26. The molecule has 0 aliphatic carbocycles. The second-order valence-electron chi connectivity index (χ2n) is 4.54. The molecule has 0 fully saturated rings. The Balaban J connectivity index is 2.72. The van der Waals surface area contributed by atoms with E-state index in [1.807, 2.05) is 13.1 Å². The van der Waals surface area contributed by atoms with Gasteiger partial charge in [0.25, 0.3) is 0 Å². The molecule has 0 aromatic carbocycles. The molecule has 3 heteroatoms. The van der Waals surface area contributed by atoms with Gasteiger partial charge in [-0.25, -0.2) is 0 Å². The molecule has 0 saturated heterocycles. The van der Waals surface area contributed by atoms with Crippen molar-refractivity contribution < 1.29 is 4.74 Å².